The second-order valence-electron chi connectivity index (χ2n) is 6.12. The van der Waals surface area contributed by atoms with Crippen LogP contribution in [0.4, 0.5) is 24.5 Å². The lowest BCUT2D eigenvalue weighted by Gasteiger charge is -2.19. The molecule has 0 aliphatic heterocycles. The van der Waals surface area contributed by atoms with Gasteiger partial charge in [0.15, 0.2) is 0 Å². The summed E-state index contributed by atoms with van der Waals surface area (Å²) in [6, 6.07) is 5.00. The SMILES string of the molecule is Cc1nn(C)c2sc(C(=O)Nc3cc(C(F)(F)F)ccc3N(C)C)cc12. The lowest BCUT2D eigenvalue weighted by atomic mass is 10.1. The Hall–Kier alpha value is -2.55. The van der Waals surface area contributed by atoms with Crippen molar-refractivity contribution in [2.24, 2.45) is 7.05 Å². The van der Waals surface area contributed by atoms with E-state index in [4.69, 9.17) is 0 Å². The van der Waals surface area contributed by atoms with Crippen molar-refractivity contribution >= 4 is 38.8 Å². The van der Waals surface area contributed by atoms with Crippen LogP contribution in [0.1, 0.15) is 20.9 Å². The third-order valence-electron chi connectivity index (χ3n) is 3.97. The standard InChI is InChI=1S/C17H17F3N4OS/c1-9-11-8-14(26-16(11)24(4)22-9)15(25)21-12-7-10(17(18,19)20)5-6-13(12)23(2)3/h5-8H,1-4H3,(H,21,25). The van der Waals surface area contributed by atoms with Crippen LogP contribution in [0.2, 0.25) is 0 Å². The fraction of sp³-hybridized carbons (Fsp3) is 0.294. The number of alkyl halides is 3. The van der Waals surface area contributed by atoms with Crippen molar-refractivity contribution in [1.82, 2.24) is 9.78 Å². The predicted molar refractivity (Wildman–Crippen MR) is 97.1 cm³/mol. The highest BCUT2D eigenvalue weighted by atomic mass is 32.1. The Balaban J connectivity index is 1.97. The molecule has 0 saturated carbocycles. The number of aryl methyl sites for hydroxylation is 2. The fourth-order valence-electron chi connectivity index (χ4n) is 2.70. The lowest BCUT2D eigenvalue weighted by molar-refractivity contribution is -0.137. The topological polar surface area (TPSA) is 50.2 Å². The van der Waals surface area contributed by atoms with Crippen molar-refractivity contribution < 1.29 is 18.0 Å². The molecule has 3 aromatic rings. The van der Waals surface area contributed by atoms with E-state index in [2.05, 4.69) is 10.4 Å². The fourth-order valence-corrected chi connectivity index (χ4v) is 3.72. The first-order chi connectivity index (χ1) is 12.1. The number of fused-ring (bicyclic) bond motifs is 1. The minimum absolute atomic E-state index is 0.113. The number of benzene rings is 1. The van der Waals surface area contributed by atoms with Gasteiger partial charge in [0.05, 0.1) is 27.5 Å². The Morgan fingerprint density at radius 3 is 2.54 bits per heavy atom. The van der Waals surface area contributed by atoms with Gasteiger partial charge in [-0.3, -0.25) is 9.48 Å². The molecule has 2 heterocycles. The van der Waals surface area contributed by atoms with E-state index in [-0.39, 0.29) is 5.69 Å². The molecule has 3 rings (SSSR count). The molecular weight excluding hydrogens is 365 g/mol. The maximum absolute atomic E-state index is 13.0. The maximum atomic E-state index is 13.0. The minimum Gasteiger partial charge on any atom is -0.376 e. The third kappa shape index (κ3) is 3.26. The maximum Gasteiger partial charge on any atom is 0.416 e. The van der Waals surface area contributed by atoms with E-state index in [1.54, 1.807) is 36.8 Å². The van der Waals surface area contributed by atoms with Crippen LogP contribution in [0.25, 0.3) is 10.2 Å². The molecule has 0 aliphatic carbocycles. The van der Waals surface area contributed by atoms with Gasteiger partial charge in [-0.05, 0) is 31.2 Å². The number of thiophene rings is 1. The molecule has 0 aliphatic rings. The first kappa shape index (κ1) is 18.2. The van der Waals surface area contributed by atoms with E-state index in [0.717, 1.165) is 28.0 Å². The van der Waals surface area contributed by atoms with Crippen LogP contribution in [0, 0.1) is 6.92 Å². The van der Waals surface area contributed by atoms with Crippen molar-refractivity contribution in [2.45, 2.75) is 13.1 Å². The van der Waals surface area contributed by atoms with Crippen LogP contribution in [0.3, 0.4) is 0 Å². The van der Waals surface area contributed by atoms with Gasteiger partial charge in [0, 0.05) is 26.5 Å². The Morgan fingerprint density at radius 2 is 1.96 bits per heavy atom. The first-order valence-corrected chi connectivity index (χ1v) is 8.52. The van der Waals surface area contributed by atoms with Gasteiger partial charge in [-0.25, -0.2) is 0 Å². The summed E-state index contributed by atoms with van der Waals surface area (Å²) in [7, 11) is 5.18. The summed E-state index contributed by atoms with van der Waals surface area (Å²) in [5, 5.41) is 7.75. The van der Waals surface area contributed by atoms with Gasteiger partial charge >= 0.3 is 6.18 Å². The van der Waals surface area contributed by atoms with Crippen LogP contribution >= 0.6 is 11.3 Å². The van der Waals surface area contributed by atoms with E-state index in [1.807, 2.05) is 6.92 Å². The second-order valence-corrected chi connectivity index (χ2v) is 7.15. The number of carbonyl (C=O) groups excluding carboxylic acids is 1. The number of halogens is 3. The first-order valence-electron chi connectivity index (χ1n) is 7.71. The van der Waals surface area contributed by atoms with Crippen LogP contribution in [0.5, 0.6) is 0 Å². The van der Waals surface area contributed by atoms with E-state index in [1.165, 1.54) is 17.4 Å². The number of nitrogens with one attached hydrogen (secondary N) is 1. The molecule has 9 heteroatoms. The molecule has 0 bridgehead atoms. The number of amides is 1. The molecule has 2 aromatic heterocycles. The minimum atomic E-state index is -4.48. The summed E-state index contributed by atoms with van der Waals surface area (Å²) in [6.07, 6.45) is -4.48. The van der Waals surface area contributed by atoms with Crippen LogP contribution in [0.15, 0.2) is 24.3 Å². The normalized spacial score (nSPS) is 11.8. The van der Waals surface area contributed by atoms with Crippen molar-refractivity contribution in [1.29, 1.82) is 0 Å². The van der Waals surface area contributed by atoms with Gasteiger partial charge < -0.3 is 10.2 Å². The van der Waals surface area contributed by atoms with Gasteiger partial charge in [-0.2, -0.15) is 18.3 Å². The summed E-state index contributed by atoms with van der Waals surface area (Å²) in [5.41, 5.74) is 0.591. The highest BCUT2D eigenvalue weighted by molar-refractivity contribution is 7.20. The van der Waals surface area contributed by atoms with E-state index >= 15 is 0 Å². The number of carbonyl (C=O) groups is 1. The zero-order valence-electron chi connectivity index (χ0n) is 14.6. The number of rotatable bonds is 3. The summed E-state index contributed by atoms with van der Waals surface area (Å²) < 4.78 is 40.7. The number of anilines is 2. The molecule has 1 amide bonds. The van der Waals surface area contributed by atoms with Crippen LogP contribution < -0.4 is 10.2 Å². The average Bonchev–Trinajstić information content (AvgIpc) is 3.08. The molecule has 1 aromatic carbocycles. The third-order valence-corrected chi connectivity index (χ3v) is 5.17. The number of nitrogens with zero attached hydrogens (tertiary/aromatic N) is 3. The average molecular weight is 382 g/mol. The zero-order valence-corrected chi connectivity index (χ0v) is 15.4. The van der Waals surface area contributed by atoms with Crippen molar-refractivity contribution in [3.8, 4) is 0 Å². The molecule has 0 saturated heterocycles. The molecule has 1 N–H and O–H groups in total. The van der Waals surface area contributed by atoms with Crippen LogP contribution in [-0.4, -0.2) is 29.8 Å². The molecule has 0 unspecified atom stereocenters. The monoisotopic (exact) mass is 382 g/mol. The number of hydrogen-bond acceptors (Lipinski definition) is 4. The molecule has 0 fully saturated rings. The van der Waals surface area contributed by atoms with Gasteiger partial charge in [0.25, 0.3) is 5.91 Å². The Kier molecular flexibility index (Phi) is 4.43. The molecule has 0 atom stereocenters. The largest absolute Gasteiger partial charge is 0.416 e. The second kappa shape index (κ2) is 6.31. The van der Waals surface area contributed by atoms with Crippen molar-refractivity contribution in [3.63, 3.8) is 0 Å². The molecular formula is C17H17F3N4OS. The van der Waals surface area contributed by atoms with E-state index in [0.29, 0.717) is 10.6 Å². The molecule has 5 nitrogen and oxygen atoms in total. The van der Waals surface area contributed by atoms with Crippen LogP contribution in [-0.2, 0) is 13.2 Å². The molecule has 138 valence electrons. The smallest absolute Gasteiger partial charge is 0.376 e. The summed E-state index contributed by atoms with van der Waals surface area (Å²) in [4.78, 5) is 15.5. The van der Waals surface area contributed by atoms with E-state index < -0.39 is 17.6 Å². The molecule has 26 heavy (non-hydrogen) atoms. The van der Waals surface area contributed by atoms with Gasteiger partial charge in [-0.1, -0.05) is 0 Å². The summed E-state index contributed by atoms with van der Waals surface area (Å²) in [6.45, 7) is 1.84. The highest BCUT2D eigenvalue weighted by Crippen LogP contribution is 2.35. The van der Waals surface area contributed by atoms with Gasteiger partial charge in [0.2, 0.25) is 0 Å². The van der Waals surface area contributed by atoms with Gasteiger partial charge in [0.1, 0.15) is 4.83 Å². The Morgan fingerprint density at radius 1 is 1.27 bits per heavy atom. The van der Waals surface area contributed by atoms with Crippen molar-refractivity contribution in [2.75, 3.05) is 24.3 Å². The Bertz CT molecular complexity index is 953. The molecule has 0 spiro atoms. The Labute approximate surface area is 152 Å². The highest BCUT2D eigenvalue weighted by Gasteiger charge is 2.31. The lowest BCUT2D eigenvalue weighted by Crippen LogP contribution is -2.17. The van der Waals surface area contributed by atoms with Crippen molar-refractivity contribution in [3.05, 3.63) is 40.4 Å². The van der Waals surface area contributed by atoms with Gasteiger partial charge in [-0.15, -0.1) is 11.3 Å². The quantitative estimate of drug-likeness (QED) is 0.736. The molecule has 0 radical (unpaired) electrons. The van der Waals surface area contributed by atoms with E-state index in [9.17, 15) is 18.0 Å². The summed E-state index contributed by atoms with van der Waals surface area (Å²) in [5.74, 6) is -0.451. The number of aromatic nitrogens is 2. The summed E-state index contributed by atoms with van der Waals surface area (Å²) >= 11 is 1.25. The number of hydrogen-bond donors (Lipinski definition) is 1. The zero-order chi connectivity index (χ0) is 19.2. The predicted octanol–water partition coefficient (Wildman–Crippen LogP) is 4.28.